The average molecular weight is 2260 g/mol. The predicted molar refractivity (Wildman–Crippen MR) is 495 cm³/mol. The first-order valence-electron chi connectivity index (χ1n) is 43.1. The van der Waals surface area contributed by atoms with E-state index in [1.54, 1.807) is 12.1 Å². The number of nitrogen functional groups attached to an aromatic ring is 4. The van der Waals surface area contributed by atoms with E-state index in [9.17, 15) is 95.8 Å². The number of hydrogen-bond acceptors (Lipinski definition) is 38. The van der Waals surface area contributed by atoms with E-state index in [-0.39, 0.29) is 193 Å². The molecule has 0 fully saturated rings. The van der Waals surface area contributed by atoms with E-state index in [0.717, 1.165) is 12.1 Å². The molecule has 0 aliphatic carbocycles. The largest absolute Gasteiger partial charge is 1.00 e. The van der Waals surface area contributed by atoms with Crippen LogP contribution in [0.1, 0.15) is 91.3 Å². The number of ether oxygens (including phenoxy) is 12. The summed E-state index contributed by atoms with van der Waals surface area (Å²) in [5.74, 6) is -9.03. The molecule has 2 heterocycles. The zero-order chi connectivity index (χ0) is 106. The van der Waals surface area contributed by atoms with Crippen molar-refractivity contribution in [2.75, 3.05) is 232 Å². The summed E-state index contributed by atoms with van der Waals surface area (Å²) in [6.45, 7) is 8.03. The van der Waals surface area contributed by atoms with Crippen LogP contribution in [0.15, 0.2) is 95.0 Å². The summed E-state index contributed by atoms with van der Waals surface area (Å²) < 4.78 is 188. The summed E-state index contributed by atoms with van der Waals surface area (Å²) in [7, 11) is -17.7. The van der Waals surface area contributed by atoms with Gasteiger partial charge in [-0.15, -0.1) is 0 Å². The summed E-state index contributed by atoms with van der Waals surface area (Å²) >= 11 is 0. The first-order chi connectivity index (χ1) is 66.6. The Morgan fingerprint density at radius 3 is 0.839 bits per heavy atom. The molecule has 0 bridgehead atoms. The van der Waals surface area contributed by atoms with E-state index in [1.807, 2.05) is 45.8 Å². The maximum Gasteiger partial charge on any atom is 0.329 e. The van der Waals surface area contributed by atoms with Crippen LogP contribution in [-0.2, 0) is 158 Å². The van der Waals surface area contributed by atoms with Gasteiger partial charge in [0.25, 0.3) is 63.9 Å². The Morgan fingerprint density at radius 2 is 0.559 bits per heavy atom. The minimum atomic E-state index is -4.59. The van der Waals surface area contributed by atoms with Crippen LogP contribution < -0.4 is 109 Å². The van der Waals surface area contributed by atoms with Crippen molar-refractivity contribution in [1.82, 2.24) is 31.9 Å². The number of nitrogens with zero attached hydrogens (tertiary/aromatic N) is 2. The van der Waals surface area contributed by atoms with Crippen molar-refractivity contribution >= 4 is 135 Å². The number of hydrogen-bond donors (Lipinski definition) is 22. The lowest BCUT2D eigenvalue weighted by Gasteiger charge is -2.11. The Balaban J connectivity index is -0.000000817. The second kappa shape index (κ2) is 84.9. The van der Waals surface area contributed by atoms with E-state index >= 15 is 0 Å². The normalized spacial score (nSPS) is 11.3. The Labute approximate surface area is 847 Å². The lowest BCUT2D eigenvalue weighted by Crippen LogP contribution is -3.00. The van der Waals surface area contributed by atoms with Crippen LogP contribution in [0.5, 0.6) is 0 Å². The quantitative estimate of drug-likeness (QED) is 0.00845. The standard InChI is InChI=1S/C18H29N3O7.C17H26N2O10S.C13H19N3O3.C13H26N2O10S.C12H16N2O6S.C8H16N2O6S.2BrH/c19-16-3-1-2-6-21(16)7-4-17(22)20-5-8-25-9-10-26-11-12-27-13-14-28-15-18(23)24;18-13-1-2-14(15(11-13)30(23,24)25)17(22)19-3-4-26-5-6-27-7-8-28-9-10-29-12-16(20)21;14-11-5-2-4-9-16(11)10-7-12(17)15-8-3-1-6-13(18)19;14-11(10-26(19,20)21)13(18)15-1-2-22-3-4-23-5-6-24-7-8-25-9-12(16)17;13-8-4-5-9(10(7-8)21(18,19)20)12(17)14-6-2-1-3-11(15)16;9-6(5-17(14,15)16)8(13)10-4-2-1-3-7(11)12;;/h1-3,6,19H,4-5,7-15H2,(H2,20,22,23,24);1-2,11H,3-10,12,18H2,(H,19,22)(H,20,21)(H,23,24,25);2,4-5,9,14H,1,3,6-8,10H2,(H2,15,17,18,19);11H,1-10,14H2,(H,15,18)(H,16,17)(H,19,20,21);4-5,7H,1-3,6,13H2,(H,14,17)(H,15,16)(H,18,19,20);6H,1-5,9H2,(H,10,13)(H,11,12)(H,14,15,16);2*1H. The predicted octanol–water partition coefficient (Wildman–Crippen LogP) is -10.5. The maximum atomic E-state index is 12.1. The number of nitrogens with two attached hydrogens (primary N) is 6. The Hall–Kier alpha value is -10.4. The third-order valence-corrected chi connectivity index (χ3v) is 20.0. The second-order valence-electron chi connectivity index (χ2n) is 28.5. The molecule has 4 aromatic rings. The Kier molecular flexibility index (Phi) is 82.5. The number of pyridine rings is 2. The average Bonchev–Trinajstić information content (AvgIpc) is 0.813. The van der Waals surface area contributed by atoms with Crippen molar-refractivity contribution in [1.29, 1.82) is 0 Å². The number of carboxylic acid groups (broad SMARTS) is 6. The molecule has 2 atom stereocenters. The number of halogens is 2. The highest BCUT2D eigenvalue weighted by molar-refractivity contribution is 7.86. The van der Waals surface area contributed by atoms with Gasteiger partial charge < -0.3 is 176 Å². The molecule has 2 aromatic carbocycles. The molecule has 2 unspecified atom stereocenters. The molecule has 0 radical (unpaired) electrons. The van der Waals surface area contributed by atoms with Crippen LogP contribution in [0.3, 0.4) is 0 Å². The van der Waals surface area contributed by atoms with Gasteiger partial charge in [0.15, 0.2) is 0 Å². The van der Waals surface area contributed by atoms with Gasteiger partial charge in [0.2, 0.25) is 23.6 Å². The molecule has 0 aliphatic heterocycles. The topological polar surface area (TPSA) is 891 Å². The SMILES string of the molecule is NC(CS(=O)(=O)O)C(=O)NCCCCC(=O)O.NC(CS(=O)(=O)O)C(=O)NCCOCCOCCOCCOCC(=O)O.Nc1ccc(C(=O)NCCCCC(=O)O)c(S(=O)(=O)O)c1.Nc1ccc(C(=O)NCCOCCOCCOCCOCC(=O)O)c(S(=O)(=O)O)c1.Nc1cccc[n+]1CCC(=O)NCCCCC(=O)O.Nc1cccc[n+]1CCC(=O)NCCOCCOCCOCCOCC(=O)O.[Br-].[Br-]. The second-order valence-corrected chi connectivity index (χ2v) is 34.3. The van der Waals surface area contributed by atoms with Crippen LogP contribution in [0.2, 0.25) is 0 Å². The van der Waals surface area contributed by atoms with Crippen molar-refractivity contribution in [3.05, 3.63) is 96.3 Å². The van der Waals surface area contributed by atoms with Gasteiger partial charge in [-0.25, -0.2) is 23.5 Å². The van der Waals surface area contributed by atoms with E-state index in [0.29, 0.717) is 168 Å². The number of aliphatic carboxylic acids is 6. The fraction of sp³-hybridized carbons (Fsp3) is 0.580. The van der Waals surface area contributed by atoms with Gasteiger partial charge >= 0.3 is 35.8 Å². The Bertz CT molecular complexity index is 4820. The molecule has 818 valence electrons. The number of carboxylic acids is 6. The molecular formula is C81H134Br2N14O42S4. The number of benzene rings is 2. The minimum absolute atomic E-state index is 0. The molecule has 62 heteroatoms. The van der Waals surface area contributed by atoms with Crippen molar-refractivity contribution < 1.29 is 240 Å². The molecule has 0 saturated carbocycles. The lowest BCUT2D eigenvalue weighted by molar-refractivity contribution is -0.681. The highest BCUT2D eigenvalue weighted by atomic mass is 79.9. The summed E-state index contributed by atoms with van der Waals surface area (Å²) in [5.41, 5.74) is 32.8. The van der Waals surface area contributed by atoms with Crippen molar-refractivity contribution in [2.45, 2.75) is 106 Å². The first kappa shape index (κ1) is 139. The van der Waals surface area contributed by atoms with Crippen LogP contribution >= 0.6 is 0 Å². The number of unbranched alkanes of at least 4 members (excludes halogenated alkanes) is 3. The number of aromatic nitrogens is 2. The van der Waals surface area contributed by atoms with Gasteiger partial charge in [0.05, 0.1) is 200 Å². The number of rotatable bonds is 73. The molecule has 0 spiro atoms. The summed E-state index contributed by atoms with van der Waals surface area (Å²) in [6, 6.07) is 15.4. The highest BCUT2D eigenvalue weighted by Crippen LogP contribution is 2.21. The first-order valence-corrected chi connectivity index (χ1v) is 49.2. The van der Waals surface area contributed by atoms with Crippen LogP contribution in [0.25, 0.3) is 0 Å². The van der Waals surface area contributed by atoms with Crippen molar-refractivity contribution in [2.24, 2.45) is 11.5 Å². The number of amides is 6. The van der Waals surface area contributed by atoms with Crippen molar-refractivity contribution in [3.63, 3.8) is 0 Å². The van der Waals surface area contributed by atoms with Gasteiger partial charge in [-0.2, -0.15) is 33.7 Å². The molecule has 6 amide bonds. The molecule has 2 aromatic heterocycles. The molecule has 56 nitrogen and oxygen atoms in total. The lowest BCUT2D eigenvalue weighted by atomic mass is 10.2. The van der Waals surface area contributed by atoms with E-state index in [1.165, 1.54) is 24.3 Å². The maximum absolute atomic E-state index is 12.1. The number of carbonyl (C=O) groups is 12. The third kappa shape index (κ3) is 85.7. The minimum Gasteiger partial charge on any atom is -1.00 e. The summed E-state index contributed by atoms with van der Waals surface area (Å²) in [5, 5.41) is 65.5. The smallest absolute Gasteiger partial charge is 0.329 e. The summed E-state index contributed by atoms with van der Waals surface area (Å²) in [4.78, 5) is 130. The molecule has 4 rings (SSSR count). The van der Waals surface area contributed by atoms with Gasteiger partial charge in [-0.1, -0.05) is 12.1 Å². The third-order valence-electron chi connectivity index (χ3n) is 16.7. The van der Waals surface area contributed by atoms with Gasteiger partial charge in [-0.3, -0.25) is 72.8 Å². The number of aryl methyl sites for hydroxylation is 2. The van der Waals surface area contributed by atoms with Crippen LogP contribution in [0.4, 0.5) is 23.0 Å². The molecule has 0 aliphatic rings. The van der Waals surface area contributed by atoms with Crippen LogP contribution in [-0.4, -0.2) is 375 Å². The molecule has 143 heavy (non-hydrogen) atoms. The number of carbonyl (C=O) groups excluding carboxylic acids is 6. The zero-order valence-electron chi connectivity index (χ0n) is 78.3. The Morgan fingerprint density at radius 1 is 0.308 bits per heavy atom. The van der Waals surface area contributed by atoms with Gasteiger partial charge in [-0.05, 0) is 87.1 Å². The molecule has 28 N–H and O–H groups in total. The van der Waals surface area contributed by atoms with E-state index in [2.05, 4.69) is 31.9 Å². The van der Waals surface area contributed by atoms with Gasteiger partial charge in [0.1, 0.15) is 41.7 Å². The van der Waals surface area contributed by atoms with Gasteiger partial charge in [0, 0.05) is 82.0 Å². The number of nitrogens with one attached hydrogen (secondary N) is 6. The molecule has 0 saturated heterocycles. The molecular weight excluding hydrogens is 2130 g/mol. The fourth-order valence-corrected chi connectivity index (χ4v) is 12.7. The monoisotopic (exact) mass is 2260 g/mol. The van der Waals surface area contributed by atoms with E-state index in [4.69, 9.17) is 136 Å². The highest BCUT2D eigenvalue weighted by Gasteiger charge is 2.25. The zero-order valence-corrected chi connectivity index (χ0v) is 84.8. The fourth-order valence-electron chi connectivity index (χ4n) is 9.99. The number of anilines is 4. The summed E-state index contributed by atoms with van der Waals surface area (Å²) in [6.07, 6.45) is 7.47. The van der Waals surface area contributed by atoms with Crippen LogP contribution in [0, 0.1) is 0 Å². The van der Waals surface area contributed by atoms with E-state index < -0.39 is 133 Å². The van der Waals surface area contributed by atoms with Crippen molar-refractivity contribution in [3.8, 4) is 0 Å².